The monoisotopic (exact) mass is 219 g/mol. The fourth-order valence-electron chi connectivity index (χ4n) is 2.26. The summed E-state index contributed by atoms with van der Waals surface area (Å²) in [5.74, 6) is 0. The van der Waals surface area contributed by atoms with E-state index < -0.39 is 0 Å². The van der Waals surface area contributed by atoms with Gasteiger partial charge in [-0.3, -0.25) is 0 Å². The number of hydrogen-bond acceptors (Lipinski definition) is 1. The van der Waals surface area contributed by atoms with Crippen molar-refractivity contribution in [2.45, 2.75) is 53.5 Å². The Morgan fingerprint density at radius 3 is 2.19 bits per heavy atom. The summed E-state index contributed by atoms with van der Waals surface area (Å²) >= 11 is 0. The summed E-state index contributed by atoms with van der Waals surface area (Å²) in [6.45, 7) is 12.1. The van der Waals surface area contributed by atoms with E-state index in [4.69, 9.17) is 0 Å². The van der Waals surface area contributed by atoms with Crippen molar-refractivity contribution in [1.29, 1.82) is 0 Å². The molecule has 1 N–H and O–H groups in total. The lowest BCUT2D eigenvalue weighted by atomic mass is 9.93. The van der Waals surface area contributed by atoms with E-state index in [9.17, 15) is 0 Å². The Balaban J connectivity index is 3.03. The molecule has 1 aromatic carbocycles. The molecule has 0 aliphatic heterocycles. The second-order valence-corrected chi connectivity index (χ2v) is 4.69. The van der Waals surface area contributed by atoms with Crippen molar-refractivity contribution in [3.05, 3.63) is 34.4 Å². The smallest absolute Gasteiger partial charge is 0.0322 e. The van der Waals surface area contributed by atoms with Crippen molar-refractivity contribution >= 4 is 0 Å². The molecular formula is C15H25N. The molecule has 0 heterocycles. The minimum Gasteiger partial charge on any atom is -0.310 e. The van der Waals surface area contributed by atoms with Crippen LogP contribution in [-0.2, 0) is 0 Å². The number of nitrogens with one attached hydrogen (secondary N) is 1. The van der Waals surface area contributed by atoms with Crippen LogP contribution in [0.4, 0.5) is 0 Å². The SMILES string of the molecule is CCCC(NCC)c1cc(C)c(C)cc1C. The van der Waals surface area contributed by atoms with Crippen LogP contribution in [0.3, 0.4) is 0 Å². The van der Waals surface area contributed by atoms with E-state index in [0.717, 1.165) is 6.54 Å². The number of benzene rings is 1. The second kappa shape index (κ2) is 6.05. The van der Waals surface area contributed by atoms with Crippen molar-refractivity contribution in [1.82, 2.24) is 5.32 Å². The first-order valence-corrected chi connectivity index (χ1v) is 6.41. The Labute approximate surface area is 100 Å². The van der Waals surface area contributed by atoms with Crippen molar-refractivity contribution in [2.24, 2.45) is 0 Å². The minimum absolute atomic E-state index is 0.522. The quantitative estimate of drug-likeness (QED) is 0.787. The lowest BCUT2D eigenvalue weighted by molar-refractivity contribution is 0.507. The van der Waals surface area contributed by atoms with Gasteiger partial charge in [0.05, 0.1) is 0 Å². The predicted molar refractivity (Wildman–Crippen MR) is 72.0 cm³/mol. The van der Waals surface area contributed by atoms with Gasteiger partial charge in [-0.2, -0.15) is 0 Å². The molecule has 0 fully saturated rings. The van der Waals surface area contributed by atoms with Crippen molar-refractivity contribution in [2.75, 3.05) is 6.54 Å². The van der Waals surface area contributed by atoms with E-state index in [1.54, 1.807) is 0 Å². The number of aryl methyl sites for hydroxylation is 3. The maximum atomic E-state index is 3.59. The summed E-state index contributed by atoms with van der Waals surface area (Å²) in [4.78, 5) is 0. The van der Waals surface area contributed by atoms with Gasteiger partial charge in [0.25, 0.3) is 0 Å². The fourth-order valence-corrected chi connectivity index (χ4v) is 2.26. The first-order chi connectivity index (χ1) is 7.60. The standard InChI is InChI=1S/C15H25N/c1-6-8-15(16-7-2)14-10-12(4)11(3)9-13(14)5/h9-10,15-16H,6-8H2,1-5H3. The van der Waals surface area contributed by atoms with E-state index in [0.29, 0.717) is 6.04 Å². The van der Waals surface area contributed by atoms with Crippen molar-refractivity contribution < 1.29 is 0 Å². The van der Waals surface area contributed by atoms with Gasteiger partial charge in [0.1, 0.15) is 0 Å². The summed E-state index contributed by atoms with van der Waals surface area (Å²) in [5, 5.41) is 3.59. The largest absolute Gasteiger partial charge is 0.310 e. The van der Waals surface area contributed by atoms with Gasteiger partial charge in [-0.25, -0.2) is 0 Å². The molecule has 1 atom stereocenters. The molecule has 0 radical (unpaired) electrons. The molecule has 0 spiro atoms. The van der Waals surface area contributed by atoms with E-state index in [1.807, 2.05) is 0 Å². The highest BCUT2D eigenvalue weighted by Crippen LogP contribution is 2.24. The molecular weight excluding hydrogens is 194 g/mol. The molecule has 1 heteroatoms. The summed E-state index contributed by atoms with van der Waals surface area (Å²) < 4.78 is 0. The van der Waals surface area contributed by atoms with Crippen LogP contribution in [0.5, 0.6) is 0 Å². The third-order valence-corrected chi connectivity index (χ3v) is 3.29. The van der Waals surface area contributed by atoms with Crippen molar-refractivity contribution in [3.8, 4) is 0 Å². The van der Waals surface area contributed by atoms with Crippen LogP contribution in [0.2, 0.25) is 0 Å². The Morgan fingerprint density at radius 2 is 1.62 bits per heavy atom. The molecule has 0 saturated carbocycles. The van der Waals surface area contributed by atoms with Crippen LogP contribution < -0.4 is 5.32 Å². The Bertz CT molecular complexity index is 336. The van der Waals surface area contributed by atoms with Crippen LogP contribution in [0.15, 0.2) is 12.1 Å². The normalized spacial score (nSPS) is 12.8. The molecule has 16 heavy (non-hydrogen) atoms. The zero-order valence-corrected chi connectivity index (χ0v) is 11.4. The van der Waals surface area contributed by atoms with Gasteiger partial charge < -0.3 is 5.32 Å². The van der Waals surface area contributed by atoms with Gasteiger partial charge in [0.2, 0.25) is 0 Å². The Kier molecular flexibility index (Phi) is 5.01. The molecule has 0 aliphatic rings. The molecule has 1 nitrogen and oxygen atoms in total. The van der Waals surface area contributed by atoms with Gasteiger partial charge in [-0.15, -0.1) is 0 Å². The zero-order valence-electron chi connectivity index (χ0n) is 11.4. The summed E-state index contributed by atoms with van der Waals surface area (Å²) in [5.41, 5.74) is 5.70. The van der Waals surface area contributed by atoms with E-state index >= 15 is 0 Å². The third-order valence-electron chi connectivity index (χ3n) is 3.29. The Morgan fingerprint density at radius 1 is 1.00 bits per heavy atom. The van der Waals surface area contributed by atoms with Gasteiger partial charge in [-0.05, 0) is 56.0 Å². The fraction of sp³-hybridized carbons (Fsp3) is 0.600. The zero-order chi connectivity index (χ0) is 12.1. The minimum atomic E-state index is 0.522. The van der Waals surface area contributed by atoms with Crippen molar-refractivity contribution in [3.63, 3.8) is 0 Å². The average Bonchev–Trinajstić information content (AvgIpc) is 2.23. The first kappa shape index (κ1) is 13.2. The Hall–Kier alpha value is -0.820. The van der Waals surface area contributed by atoms with Gasteiger partial charge in [0.15, 0.2) is 0 Å². The molecule has 1 unspecified atom stereocenters. The molecule has 1 aromatic rings. The van der Waals surface area contributed by atoms with Crippen LogP contribution in [0, 0.1) is 20.8 Å². The first-order valence-electron chi connectivity index (χ1n) is 6.41. The summed E-state index contributed by atoms with van der Waals surface area (Å²) in [6, 6.07) is 5.19. The maximum Gasteiger partial charge on any atom is 0.0322 e. The molecule has 1 rings (SSSR count). The molecule has 90 valence electrons. The highest BCUT2D eigenvalue weighted by Gasteiger charge is 2.12. The summed E-state index contributed by atoms with van der Waals surface area (Å²) in [6.07, 6.45) is 2.45. The van der Waals surface area contributed by atoms with Crippen LogP contribution >= 0.6 is 0 Å². The number of hydrogen-bond donors (Lipinski definition) is 1. The molecule has 0 saturated heterocycles. The molecule has 0 aliphatic carbocycles. The van der Waals surface area contributed by atoms with E-state index in [2.05, 4.69) is 52.1 Å². The maximum absolute atomic E-state index is 3.59. The summed E-state index contributed by atoms with van der Waals surface area (Å²) in [7, 11) is 0. The van der Waals surface area contributed by atoms with Crippen LogP contribution in [0.1, 0.15) is 55.0 Å². The van der Waals surface area contributed by atoms with Gasteiger partial charge in [0, 0.05) is 6.04 Å². The van der Waals surface area contributed by atoms with Gasteiger partial charge in [-0.1, -0.05) is 32.4 Å². The highest BCUT2D eigenvalue weighted by atomic mass is 14.9. The van der Waals surface area contributed by atoms with Gasteiger partial charge >= 0.3 is 0 Å². The topological polar surface area (TPSA) is 12.0 Å². The lowest BCUT2D eigenvalue weighted by Gasteiger charge is -2.21. The molecule has 0 bridgehead atoms. The highest BCUT2D eigenvalue weighted by molar-refractivity contribution is 5.38. The predicted octanol–water partition coefficient (Wildman–Crippen LogP) is 4.06. The third kappa shape index (κ3) is 3.08. The second-order valence-electron chi connectivity index (χ2n) is 4.69. The molecule has 0 aromatic heterocycles. The average molecular weight is 219 g/mol. The lowest BCUT2D eigenvalue weighted by Crippen LogP contribution is -2.21. The van der Waals surface area contributed by atoms with E-state index in [-0.39, 0.29) is 0 Å². The number of rotatable bonds is 5. The van der Waals surface area contributed by atoms with E-state index in [1.165, 1.54) is 35.1 Å². The van der Waals surface area contributed by atoms with Crippen LogP contribution in [0.25, 0.3) is 0 Å². The molecule has 0 amide bonds. The van der Waals surface area contributed by atoms with Crippen LogP contribution in [-0.4, -0.2) is 6.54 Å².